The Balaban J connectivity index is 2.16. The lowest BCUT2D eigenvalue weighted by molar-refractivity contribution is -0.137. The smallest absolute Gasteiger partial charge is 0.299 e. The summed E-state index contributed by atoms with van der Waals surface area (Å²) in [6, 6.07) is 4.89. The Morgan fingerprint density at radius 3 is 2.39 bits per heavy atom. The molecule has 1 aromatic rings. The number of benzene rings is 1. The standard InChI is InChI=1S/C18H21F3O2/c1-12(22)16(17(23)14-7-3-2-4-8-14)11-13-6-5-9-15(10-13)18(19,20)21/h5-6,9-10,14,16H,2-4,7-8,11H2,1H3. The van der Waals surface area contributed by atoms with Crippen LogP contribution in [0, 0.1) is 11.8 Å². The topological polar surface area (TPSA) is 34.1 Å². The quantitative estimate of drug-likeness (QED) is 0.741. The molecule has 0 aromatic heterocycles. The van der Waals surface area contributed by atoms with Gasteiger partial charge >= 0.3 is 6.18 Å². The van der Waals surface area contributed by atoms with Crippen molar-refractivity contribution in [2.45, 2.75) is 51.6 Å². The number of alkyl halides is 3. The fourth-order valence-electron chi connectivity index (χ4n) is 3.23. The second-order valence-corrected chi connectivity index (χ2v) is 6.30. The third-order valence-electron chi connectivity index (χ3n) is 4.54. The highest BCUT2D eigenvalue weighted by Gasteiger charge is 2.33. The van der Waals surface area contributed by atoms with Crippen LogP contribution in [-0.2, 0) is 22.2 Å². The molecular formula is C18H21F3O2. The molecule has 5 heteroatoms. The number of hydrogen-bond acceptors (Lipinski definition) is 2. The molecule has 0 aliphatic heterocycles. The van der Waals surface area contributed by atoms with Gasteiger partial charge in [0.15, 0.2) is 0 Å². The molecule has 1 aliphatic rings. The van der Waals surface area contributed by atoms with Gasteiger partial charge in [0, 0.05) is 5.92 Å². The van der Waals surface area contributed by atoms with E-state index in [2.05, 4.69) is 0 Å². The second kappa shape index (κ2) is 7.28. The number of hydrogen-bond donors (Lipinski definition) is 0. The molecule has 0 saturated heterocycles. The van der Waals surface area contributed by atoms with Crippen molar-refractivity contribution in [2.75, 3.05) is 0 Å². The third kappa shape index (κ3) is 4.66. The van der Waals surface area contributed by atoms with Crippen molar-refractivity contribution in [3.8, 4) is 0 Å². The predicted molar refractivity (Wildman–Crippen MR) is 80.9 cm³/mol. The van der Waals surface area contributed by atoms with E-state index in [9.17, 15) is 22.8 Å². The Labute approximate surface area is 134 Å². The van der Waals surface area contributed by atoms with Crippen LogP contribution < -0.4 is 0 Å². The average molecular weight is 326 g/mol. The average Bonchev–Trinajstić information content (AvgIpc) is 2.52. The zero-order valence-corrected chi connectivity index (χ0v) is 13.2. The molecule has 2 nitrogen and oxygen atoms in total. The van der Waals surface area contributed by atoms with Crippen molar-refractivity contribution in [2.24, 2.45) is 11.8 Å². The first-order valence-corrected chi connectivity index (χ1v) is 7.99. The summed E-state index contributed by atoms with van der Waals surface area (Å²) in [5.74, 6) is -1.32. The summed E-state index contributed by atoms with van der Waals surface area (Å²) in [7, 11) is 0. The van der Waals surface area contributed by atoms with Crippen LogP contribution >= 0.6 is 0 Å². The Hall–Kier alpha value is -1.65. The molecule has 0 spiro atoms. The van der Waals surface area contributed by atoms with Crippen LogP contribution in [0.1, 0.15) is 50.2 Å². The van der Waals surface area contributed by atoms with Crippen molar-refractivity contribution < 1.29 is 22.8 Å². The van der Waals surface area contributed by atoms with E-state index in [-0.39, 0.29) is 23.9 Å². The summed E-state index contributed by atoms with van der Waals surface area (Å²) in [5, 5.41) is 0. The van der Waals surface area contributed by atoms with Gasteiger partial charge in [-0.1, -0.05) is 37.5 Å². The van der Waals surface area contributed by atoms with Crippen molar-refractivity contribution in [1.82, 2.24) is 0 Å². The van der Waals surface area contributed by atoms with Crippen molar-refractivity contribution in [3.63, 3.8) is 0 Å². The Morgan fingerprint density at radius 2 is 1.83 bits per heavy atom. The van der Waals surface area contributed by atoms with Gasteiger partial charge in [-0.05, 0) is 37.8 Å². The molecule has 0 bridgehead atoms. The van der Waals surface area contributed by atoms with Crippen LogP contribution in [0.15, 0.2) is 24.3 Å². The van der Waals surface area contributed by atoms with Gasteiger partial charge in [-0.15, -0.1) is 0 Å². The molecule has 1 fully saturated rings. The normalized spacial score (nSPS) is 17.7. The van der Waals surface area contributed by atoms with E-state index in [0.717, 1.165) is 44.2 Å². The molecule has 0 radical (unpaired) electrons. The monoisotopic (exact) mass is 326 g/mol. The molecule has 0 N–H and O–H groups in total. The summed E-state index contributed by atoms with van der Waals surface area (Å²) in [5.41, 5.74) is -0.369. The van der Waals surface area contributed by atoms with Crippen LogP contribution in [0.25, 0.3) is 0 Å². The molecule has 1 atom stereocenters. The first-order chi connectivity index (χ1) is 10.8. The Bertz CT molecular complexity index is 572. The molecule has 126 valence electrons. The maximum Gasteiger partial charge on any atom is 0.416 e. The third-order valence-corrected chi connectivity index (χ3v) is 4.54. The van der Waals surface area contributed by atoms with Gasteiger partial charge in [-0.3, -0.25) is 9.59 Å². The molecule has 2 rings (SSSR count). The largest absolute Gasteiger partial charge is 0.416 e. The molecular weight excluding hydrogens is 305 g/mol. The number of carbonyl (C=O) groups excluding carboxylic acids is 2. The zero-order chi connectivity index (χ0) is 17.0. The lowest BCUT2D eigenvalue weighted by Gasteiger charge is -2.24. The van der Waals surface area contributed by atoms with E-state index in [1.807, 2.05) is 0 Å². The van der Waals surface area contributed by atoms with E-state index < -0.39 is 17.7 Å². The number of halogens is 3. The van der Waals surface area contributed by atoms with E-state index in [4.69, 9.17) is 0 Å². The predicted octanol–water partition coefficient (Wildman–Crippen LogP) is 4.60. The Morgan fingerprint density at radius 1 is 1.17 bits per heavy atom. The van der Waals surface area contributed by atoms with E-state index in [0.29, 0.717) is 5.56 Å². The van der Waals surface area contributed by atoms with Gasteiger partial charge < -0.3 is 0 Å². The van der Waals surface area contributed by atoms with E-state index in [1.54, 1.807) is 6.07 Å². The first-order valence-electron chi connectivity index (χ1n) is 7.99. The minimum Gasteiger partial charge on any atom is -0.299 e. The van der Waals surface area contributed by atoms with Crippen LogP contribution in [-0.4, -0.2) is 11.6 Å². The van der Waals surface area contributed by atoms with Gasteiger partial charge in [-0.2, -0.15) is 13.2 Å². The van der Waals surface area contributed by atoms with Crippen LogP contribution in [0.4, 0.5) is 13.2 Å². The first kappa shape index (κ1) is 17.7. The molecule has 1 aromatic carbocycles. The highest BCUT2D eigenvalue weighted by Crippen LogP contribution is 2.31. The molecule has 0 amide bonds. The fourth-order valence-corrected chi connectivity index (χ4v) is 3.23. The van der Waals surface area contributed by atoms with Crippen LogP contribution in [0.5, 0.6) is 0 Å². The van der Waals surface area contributed by atoms with Gasteiger partial charge in [0.05, 0.1) is 11.5 Å². The van der Waals surface area contributed by atoms with E-state index >= 15 is 0 Å². The van der Waals surface area contributed by atoms with Gasteiger partial charge in [0.25, 0.3) is 0 Å². The lowest BCUT2D eigenvalue weighted by atomic mass is 9.78. The maximum atomic E-state index is 12.8. The highest BCUT2D eigenvalue weighted by molar-refractivity contribution is 6.02. The summed E-state index contributed by atoms with van der Waals surface area (Å²) in [4.78, 5) is 24.5. The van der Waals surface area contributed by atoms with Gasteiger partial charge in [-0.25, -0.2) is 0 Å². The molecule has 1 unspecified atom stereocenters. The molecule has 1 aliphatic carbocycles. The van der Waals surface area contributed by atoms with Gasteiger partial charge in [0.2, 0.25) is 0 Å². The molecule has 23 heavy (non-hydrogen) atoms. The number of rotatable bonds is 5. The zero-order valence-electron chi connectivity index (χ0n) is 13.2. The van der Waals surface area contributed by atoms with E-state index in [1.165, 1.54) is 13.0 Å². The minimum absolute atomic E-state index is 0.0502. The van der Waals surface area contributed by atoms with Crippen LogP contribution in [0.3, 0.4) is 0 Å². The summed E-state index contributed by atoms with van der Waals surface area (Å²) >= 11 is 0. The fraction of sp³-hybridized carbons (Fsp3) is 0.556. The number of carbonyl (C=O) groups is 2. The minimum atomic E-state index is -4.42. The summed E-state index contributed by atoms with van der Waals surface area (Å²) in [6.45, 7) is 1.35. The van der Waals surface area contributed by atoms with Crippen LogP contribution in [0.2, 0.25) is 0 Å². The maximum absolute atomic E-state index is 12.8. The van der Waals surface area contributed by atoms with Crippen molar-refractivity contribution in [1.29, 1.82) is 0 Å². The molecule has 1 saturated carbocycles. The Kier molecular flexibility index (Phi) is 5.60. The summed E-state index contributed by atoms with van der Waals surface area (Å²) in [6.07, 6.45) is 0.247. The van der Waals surface area contributed by atoms with Crippen molar-refractivity contribution in [3.05, 3.63) is 35.4 Å². The number of Topliss-reactive ketones (excluding diaryl/α,β-unsaturated/α-hetero) is 2. The highest BCUT2D eigenvalue weighted by atomic mass is 19.4. The number of ketones is 2. The second-order valence-electron chi connectivity index (χ2n) is 6.30. The SMILES string of the molecule is CC(=O)C(Cc1cccc(C(F)(F)F)c1)C(=O)C1CCCCC1. The molecule has 0 heterocycles. The van der Waals surface area contributed by atoms with Gasteiger partial charge in [0.1, 0.15) is 11.6 Å². The van der Waals surface area contributed by atoms with Crippen molar-refractivity contribution >= 4 is 11.6 Å². The summed E-state index contributed by atoms with van der Waals surface area (Å²) < 4.78 is 38.3. The lowest BCUT2D eigenvalue weighted by Crippen LogP contribution is -2.31.